The van der Waals surface area contributed by atoms with Crippen LogP contribution in [0, 0.1) is 0 Å². The Labute approximate surface area is 190 Å². The number of amides is 2. The van der Waals surface area contributed by atoms with Gasteiger partial charge in [-0.05, 0) is 12.1 Å². The van der Waals surface area contributed by atoms with Crippen molar-refractivity contribution in [2.75, 3.05) is 26.7 Å². The summed E-state index contributed by atoms with van der Waals surface area (Å²) < 4.78 is 12.7. The van der Waals surface area contributed by atoms with E-state index in [1.807, 2.05) is 48.5 Å². The molecule has 0 bridgehead atoms. The van der Waals surface area contributed by atoms with Gasteiger partial charge in [0, 0.05) is 43.4 Å². The summed E-state index contributed by atoms with van der Waals surface area (Å²) in [5.74, 6) is 0.667. The van der Waals surface area contributed by atoms with Crippen LogP contribution in [-0.4, -0.2) is 48.0 Å². The van der Waals surface area contributed by atoms with E-state index in [2.05, 4.69) is 5.32 Å². The third-order valence-corrected chi connectivity index (χ3v) is 6.05. The van der Waals surface area contributed by atoms with Crippen molar-refractivity contribution in [1.29, 1.82) is 0 Å². The summed E-state index contributed by atoms with van der Waals surface area (Å²) in [5.41, 5.74) is 1.62. The highest BCUT2D eigenvalue weighted by atomic mass is 16.5. The van der Waals surface area contributed by atoms with Gasteiger partial charge in [-0.15, -0.1) is 0 Å². The minimum Gasteiger partial charge on any atom is -0.491 e. The Hall–Kier alpha value is -4.07. The molecule has 1 aromatic heterocycles. The molecule has 8 nitrogen and oxygen atoms in total. The molecular formula is C25H23N3O5. The van der Waals surface area contributed by atoms with E-state index in [0.29, 0.717) is 43.4 Å². The molecule has 3 aromatic rings. The largest absolute Gasteiger partial charge is 0.491 e. The van der Waals surface area contributed by atoms with Crippen LogP contribution in [0.1, 0.15) is 27.5 Å². The molecule has 168 valence electrons. The molecule has 0 spiro atoms. The number of pyridine rings is 1. The zero-order chi connectivity index (χ0) is 22.9. The Balaban J connectivity index is 1.29. The number of hydrogen-bond acceptors (Lipinski definition) is 5. The van der Waals surface area contributed by atoms with Gasteiger partial charge in [0.05, 0.1) is 19.2 Å². The minimum absolute atomic E-state index is 0.149. The summed E-state index contributed by atoms with van der Waals surface area (Å²) in [6.07, 6.45) is 1.56. The lowest BCUT2D eigenvalue weighted by molar-refractivity contribution is -0.121. The van der Waals surface area contributed by atoms with Crippen molar-refractivity contribution in [1.82, 2.24) is 14.8 Å². The van der Waals surface area contributed by atoms with Crippen LogP contribution in [0.5, 0.6) is 17.2 Å². The van der Waals surface area contributed by atoms with Crippen molar-refractivity contribution in [2.45, 2.75) is 12.5 Å². The van der Waals surface area contributed by atoms with E-state index >= 15 is 0 Å². The first-order valence-corrected chi connectivity index (χ1v) is 10.8. The van der Waals surface area contributed by atoms with Crippen LogP contribution in [0.2, 0.25) is 0 Å². The van der Waals surface area contributed by atoms with E-state index in [-0.39, 0.29) is 23.0 Å². The summed E-state index contributed by atoms with van der Waals surface area (Å²) >= 11 is 0. The molecular weight excluding hydrogens is 422 g/mol. The molecule has 2 aliphatic heterocycles. The number of carbonyl (C=O) groups excluding carboxylic acids is 2. The molecule has 2 amide bonds. The highest BCUT2D eigenvalue weighted by Gasteiger charge is 2.32. The maximum atomic E-state index is 13.2. The molecule has 5 rings (SSSR count). The van der Waals surface area contributed by atoms with Crippen molar-refractivity contribution in [3.63, 3.8) is 0 Å². The molecule has 1 N–H and O–H groups in total. The first-order chi connectivity index (χ1) is 16.1. The molecule has 2 aromatic carbocycles. The van der Waals surface area contributed by atoms with E-state index < -0.39 is 5.92 Å². The molecule has 0 saturated carbocycles. The van der Waals surface area contributed by atoms with Crippen LogP contribution in [-0.2, 0) is 11.3 Å². The smallest absolute Gasteiger partial charge is 0.270 e. The number of carbonyl (C=O) groups is 2. The Kier molecular flexibility index (Phi) is 5.34. The second-order valence-corrected chi connectivity index (χ2v) is 7.98. The fraction of sp³-hybridized carbons (Fsp3) is 0.240. The van der Waals surface area contributed by atoms with Crippen molar-refractivity contribution < 1.29 is 19.1 Å². The summed E-state index contributed by atoms with van der Waals surface area (Å²) in [7, 11) is 1.43. The first kappa shape index (κ1) is 20.8. The maximum Gasteiger partial charge on any atom is 0.270 e. The number of ether oxygens (including phenoxy) is 2. The monoisotopic (exact) mass is 445 g/mol. The molecule has 0 aliphatic carbocycles. The Morgan fingerprint density at radius 3 is 2.39 bits per heavy atom. The maximum absolute atomic E-state index is 13.2. The van der Waals surface area contributed by atoms with Crippen LogP contribution in [0.3, 0.4) is 0 Å². The number of nitrogens with zero attached hydrogens (tertiary/aromatic N) is 2. The number of nitrogens with one attached hydrogen (secondary N) is 1. The Bertz CT molecular complexity index is 1250. The van der Waals surface area contributed by atoms with Gasteiger partial charge < -0.3 is 24.3 Å². The third kappa shape index (κ3) is 3.73. The van der Waals surface area contributed by atoms with Gasteiger partial charge in [-0.2, -0.15) is 0 Å². The van der Waals surface area contributed by atoms with E-state index in [1.165, 1.54) is 13.2 Å². The molecule has 0 fully saturated rings. The standard InChI is InChI=1S/C25H23N3O5/c1-32-22-15-28-13-12-27(25(31)18(28)14-19(22)29)11-10-26-24(30)23-16-6-2-4-8-20(16)33-21-9-5-3-7-17(21)23/h2-9,14-15,23H,10-13H2,1H3,(H,26,30). The number of methoxy groups -OCH3 is 1. The summed E-state index contributed by atoms with van der Waals surface area (Å²) in [5, 5.41) is 2.98. The van der Waals surface area contributed by atoms with E-state index in [9.17, 15) is 14.4 Å². The lowest BCUT2D eigenvalue weighted by Crippen LogP contribution is -2.45. The number of rotatable bonds is 5. The van der Waals surface area contributed by atoms with Crippen molar-refractivity contribution in [3.8, 4) is 17.2 Å². The second kappa shape index (κ2) is 8.46. The third-order valence-electron chi connectivity index (χ3n) is 6.05. The van der Waals surface area contributed by atoms with Crippen molar-refractivity contribution in [3.05, 3.63) is 87.8 Å². The topological polar surface area (TPSA) is 89.9 Å². The SMILES string of the molecule is COc1cn2c(cc1=O)C(=O)N(CCNC(=O)C1c3ccccc3Oc3ccccc31)CC2. The van der Waals surface area contributed by atoms with Crippen molar-refractivity contribution in [2.24, 2.45) is 0 Å². The van der Waals surface area contributed by atoms with Gasteiger partial charge >= 0.3 is 0 Å². The van der Waals surface area contributed by atoms with Crippen LogP contribution >= 0.6 is 0 Å². The summed E-state index contributed by atoms with van der Waals surface area (Å²) in [4.78, 5) is 39.8. The van der Waals surface area contributed by atoms with Gasteiger partial charge in [0.15, 0.2) is 5.75 Å². The van der Waals surface area contributed by atoms with Gasteiger partial charge in [-0.25, -0.2) is 0 Å². The lowest BCUT2D eigenvalue weighted by Gasteiger charge is -2.31. The number of aromatic nitrogens is 1. The fourth-order valence-electron chi connectivity index (χ4n) is 4.39. The number of para-hydroxylation sites is 2. The molecule has 0 saturated heterocycles. The van der Waals surface area contributed by atoms with E-state index in [1.54, 1.807) is 15.7 Å². The molecule has 0 atom stereocenters. The average molecular weight is 445 g/mol. The quantitative estimate of drug-likeness (QED) is 0.651. The second-order valence-electron chi connectivity index (χ2n) is 7.98. The molecule has 0 radical (unpaired) electrons. The highest BCUT2D eigenvalue weighted by Crippen LogP contribution is 2.43. The molecule has 3 heterocycles. The van der Waals surface area contributed by atoms with Gasteiger partial charge in [-0.3, -0.25) is 14.4 Å². The lowest BCUT2D eigenvalue weighted by atomic mass is 9.87. The predicted molar refractivity (Wildman–Crippen MR) is 121 cm³/mol. The minimum atomic E-state index is -0.491. The van der Waals surface area contributed by atoms with Gasteiger partial charge in [-0.1, -0.05) is 36.4 Å². The predicted octanol–water partition coefficient (Wildman–Crippen LogP) is 2.37. The molecule has 0 unspecified atom stereocenters. The van der Waals surface area contributed by atoms with Crippen LogP contribution < -0.4 is 20.2 Å². The molecule has 2 aliphatic rings. The van der Waals surface area contributed by atoms with Gasteiger partial charge in [0.1, 0.15) is 17.2 Å². The number of hydrogen-bond donors (Lipinski definition) is 1. The zero-order valence-corrected chi connectivity index (χ0v) is 18.1. The van der Waals surface area contributed by atoms with Gasteiger partial charge in [0.2, 0.25) is 11.3 Å². The van der Waals surface area contributed by atoms with Crippen molar-refractivity contribution >= 4 is 11.8 Å². The normalized spacial score (nSPS) is 14.6. The van der Waals surface area contributed by atoms with Gasteiger partial charge in [0.25, 0.3) is 5.91 Å². The number of fused-ring (bicyclic) bond motifs is 3. The first-order valence-electron chi connectivity index (χ1n) is 10.8. The zero-order valence-electron chi connectivity index (χ0n) is 18.1. The molecule has 33 heavy (non-hydrogen) atoms. The molecule has 8 heteroatoms. The van der Waals surface area contributed by atoms with E-state index in [4.69, 9.17) is 9.47 Å². The average Bonchev–Trinajstić information content (AvgIpc) is 2.83. The van der Waals surface area contributed by atoms with Crippen LogP contribution in [0.25, 0.3) is 0 Å². The van der Waals surface area contributed by atoms with E-state index in [0.717, 1.165) is 11.1 Å². The number of benzene rings is 2. The fourth-order valence-corrected chi connectivity index (χ4v) is 4.39. The Morgan fingerprint density at radius 1 is 1.06 bits per heavy atom. The van der Waals surface area contributed by atoms with Crippen LogP contribution in [0.15, 0.2) is 65.6 Å². The summed E-state index contributed by atoms with van der Waals surface area (Å²) in [6.45, 7) is 1.67. The highest BCUT2D eigenvalue weighted by molar-refractivity contribution is 5.93. The summed E-state index contributed by atoms with van der Waals surface area (Å²) in [6, 6.07) is 16.3. The van der Waals surface area contributed by atoms with Crippen LogP contribution in [0.4, 0.5) is 0 Å². The Morgan fingerprint density at radius 2 is 1.73 bits per heavy atom.